The number of rotatable bonds is 5. The lowest BCUT2D eigenvalue weighted by Crippen LogP contribution is -2.22. The first-order valence-corrected chi connectivity index (χ1v) is 11.0. The smallest absolute Gasteiger partial charge is 0.263 e. The van der Waals surface area contributed by atoms with E-state index in [-0.39, 0.29) is 40.5 Å². The molecule has 0 spiro atoms. The van der Waals surface area contributed by atoms with Gasteiger partial charge in [0.25, 0.3) is 5.89 Å². The molecule has 0 bridgehead atoms. The molecule has 0 aliphatic rings. The molecule has 0 saturated heterocycles. The second-order valence-corrected chi connectivity index (χ2v) is 8.36. The number of aryl methyl sites for hydroxylation is 1. The number of carbonyl (C=O) groups is 1. The number of halogens is 3. The fourth-order valence-corrected chi connectivity index (χ4v) is 3.75. The van der Waals surface area contributed by atoms with Crippen LogP contribution in [0.3, 0.4) is 0 Å². The number of anilines is 1. The lowest BCUT2D eigenvalue weighted by molar-refractivity contribution is -0.116. The van der Waals surface area contributed by atoms with Gasteiger partial charge in [-0.05, 0) is 55.5 Å². The van der Waals surface area contributed by atoms with Crippen LogP contribution in [0.25, 0.3) is 33.9 Å². The molecule has 0 aliphatic heterocycles. The summed E-state index contributed by atoms with van der Waals surface area (Å²) in [7, 11) is 0. The van der Waals surface area contributed by atoms with E-state index in [0.717, 1.165) is 18.2 Å². The van der Waals surface area contributed by atoms with Crippen molar-refractivity contribution in [2.75, 3.05) is 5.32 Å². The van der Waals surface area contributed by atoms with Gasteiger partial charge in [-0.15, -0.1) is 0 Å². The minimum absolute atomic E-state index is 0.0469. The molecule has 1 amide bonds. The molecule has 0 saturated carbocycles. The minimum atomic E-state index is -0.787. The Morgan fingerprint density at radius 2 is 1.86 bits per heavy atom. The van der Waals surface area contributed by atoms with E-state index in [0.29, 0.717) is 16.3 Å². The van der Waals surface area contributed by atoms with Crippen LogP contribution in [0.4, 0.5) is 14.5 Å². The summed E-state index contributed by atoms with van der Waals surface area (Å²) in [4.78, 5) is 34.7. The molecule has 0 aliphatic carbocycles. The standard InChI is InChI=1S/C25H16ClF2N5O3/c1-13-2-8-17-22(35)18(25-31-23(32-36-25)14-3-5-15(26)6-4-14)11-33(24(17)29-13)12-21(34)30-20-10-16(27)7-9-19(20)28/h2-11H,12H2,1H3,(H,30,34). The van der Waals surface area contributed by atoms with Gasteiger partial charge in [-0.1, -0.05) is 16.8 Å². The lowest BCUT2D eigenvalue weighted by atomic mass is 10.1. The lowest BCUT2D eigenvalue weighted by Gasteiger charge is -2.13. The highest BCUT2D eigenvalue weighted by Gasteiger charge is 2.19. The van der Waals surface area contributed by atoms with E-state index >= 15 is 0 Å². The molecule has 0 atom stereocenters. The summed E-state index contributed by atoms with van der Waals surface area (Å²) in [5.41, 5.74) is 0.796. The Kier molecular flexibility index (Phi) is 6.03. The summed E-state index contributed by atoms with van der Waals surface area (Å²) >= 11 is 5.93. The van der Waals surface area contributed by atoms with Crippen LogP contribution in [0.15, 0.2) is 70.1 Å². The Labute approximate surface area is 207 Å². The first-order valence-electron chi connectivity index (χ1n) is 10.6. The van der Waals surface area contributed by atoms with Gasteiger partial charge in [-0.2, -0.15) is 4.98 Å². The normalized spacial score (nSPS) is 11.1. The van der Waals surface area contributed by atoms with Crippen molar-refractivity contribution in [1.29, 1.82) is 0 Å². The Bertz CT molecular complexity index is 1680. The second kappa shape index (κ2) is 9.31. The van der Waals surface area contributed by atoms with Gasteiger partial charge in [0, 0.05) is 28.5 Å². The molecule has 1 N–H and O–H groups in total. The number of fused-ring (bicyclic) bond motifs is 1. The van der Waals surface area contributed by atoms with Crippen molar-refractivity contribution in [2.45, 2.75) is 13.5 Å². The maximum atomic E-state index is 14.0. The van der Waals surface area contributed by atoms with Crippen LogP contribution in [-0.2, 0) is 11.3 Å². The van der Waals surface area contributed by atoms with Gasteiger partial charge >= 0.3 is 0 Å². The summed E-state index contributed by atoms with van der Waals surface area (Å²) in [6.07, 6.45) is 1.37. The summed E-state index contributed by atoms with van der Waals surface area (Å²) in [5, 5.41) is 7.04. The zero-order chi connectivity index (χ0) is 25.4. The van der Waals surface area contributed by atoms with Crippen molar-refractivity contribution in [3.63, 3.8) is 0 Å². The summed E-state index contributed by atoms with van der Waals surface area (Å²) < 4.78 is 34.3. The summed E-state index contributed by atoms with van der Waals surface area (Å²) in [5.74, 6) is -1.96. The van der Waals surface area contributed by atoms with E-state index in [1.54, 1.807) is 43.3 Å². The Hall–Kier alpha value is -4.44. The van der Waals surface area contributed by atoms with Crippen LogP contribution < -0.4 is 10.7 Å². The molecule has 0 unspecified atom stereocenters. The molecule has 3 aromatic heterocycles. The molecule has 0 radical (unpaired) electrons. The zero-order valence-electron chi connectivity index (χ0n) is 18.6. The number of hydrogen-bond acceptors (Lipinski definition) is 6. The fraction of sp³-hybridized carbons (Fsp3) is 0.0800. The minimum Gasteiger partial charge on any atom is -0.333 e. The van der Waals surface area contributed by atoms with E-state index in [9.17, 15) is 18.4 Å². The molecule has 2 aromatic carbocycles. The van der Waals surface area contributed by atoms with Crippen LogP contribution >= 0.6 is 11.6 Å². The van der Waals surface area contributed by atoms with Gasteiger partial charge < -0.3 is 14.4 Å². The van der Waals surface area contributed by atoms with Crippen LogP contribution in [-0.4, -0.2) is 25.6 Å². The van der Waals surface area contributed by atoms with Gasteiger partial charge in [0.1, 0.15) is 29.4 Å². The Balaban J connectivity index is 1.55. The maximum absolute atomic E-state index is 14.0. The van der Waals surface area contributed by atoms with Crippen molar-refractivity contribution in [1.82, 2.24) is 19.7 Å². The molecule has 5 rings (SSSR count). The molecule has 8 nitrogen and oxygen atoms in total. The number of hydrogen-bond donors (Lipinski definition) is 1. The highest BCUT2D eigenvalue weighted by Crippen LogP contribution is 2.24. The molecule has 0 fully saturated rings. The van der Waals surface area contributed by atoms with Crippen LogP contribution in [0.5, 0.6) is 0 Å². The molecule has 5 aromatic rings. The van der Waals surface area contributed by atoms with Crippen LogP contribution in [0.2, 0.25) is 5.02 Å². The van der Waals surface area contributed by atoms with Gasteiger partial charge in [0.2, 0.25) is 17.2 Å². The number of carbonyl (C=O) groups excluding carboxylic acids is 1. The van der Waals surface area contributed by atoms with E-state index in [4.69, 9.17) is 16.1 Å². The number of nitrogens with zero attached hydrogens (tertiary/aromatic N) is 4. The van der Waals surface area contributed by atoms with E-state index < -0.39 is 23.0 Å². The van der Waals surface area contributed by atoms with Gasteiger partial charge in [0.15, 0.2) is 0 Å². The van der Waals surface area contributed by atoms with Crippen molar-refractivity contribution in [3.8, 4) is 22.8 Å². The summed E-state index contributed by atoms with van der Waals surface area (Å²) in [6.45, 7) is 1.38. The molecular formula is C25H16ClF2N5O3. The quantitative estimate of drug-likeness (QED) is 0.359. The average molecular weight is 508 g/mol. The van der Waals surface area contributed by atoms with E-state index in [1.165, 1.54) is 10.8 Å². The van der Waals surface area contributed by atoms with E-state index in [1.807, 2.05) is 0 Å². The highest BCUT2D eigenvalue weighted by molar-refractivity contribution is 6.30. The van der Waals surface area contributed by atoms with E-state index in [2.05, 4.69) is 20.4 Å². The maximum Gasteiger partial charge on any atom is 0.263 e. The predicted octanol–water partition coefficient (Wildman–Crippen LogP) is 4.99. The third-order valence-corrected chi connectivity index (χ3v) is 5.59. The van der Waals surface area contributed by atoms with Gasteiger partial charge in [-0.25, -0.2) is 13.8 Å². The second-order valence-electron chi connectivity index (χ2n) is 7.93. The van der Waals surface area contributed by atoms with Gasteiger partial charge in [0.05, 0.1) is 11.1 Å². The SMILES string of the molecule is Cc1ccc2c(=O)c(-c3nc(-c4ccc(Cl)cc4)no3)cn(CC(=O)Nc3cc(F)ccc3F)c2n1. The third kappa shape index (κ3) is 4.58. The zero-order valence-corrected chi connectivity index (χ0v) is 19.4. The third-order valence-electron chi connectivity index (χ3n) is 5.34. The first-order chi connectivity index (χ1) is 17.3. The van der Waals surface area contributed by atoms with Crippen LogP contribution in [0, 0.1) is 18.6 Å². The molecule has 11 heteroatoms. The number of benzene rings is 2. The monoisotopic (exact) mass is 507 g/mol. The average Bonchev–Trinajstić information content (AvgIpc) is 3.33. The number of nitrogens with one attached hydrogen (secondary N) is 1. The largest absolute Gasteiger partial charge is 0.333 e. The predicted molar refractivity (Wildman–Crippen MR) is 129 cm³/mol. The number of amides is 1. The highest BCUT2D eigenvalue weighted by atomic mass is 35.5. The van der Waals surface area contributed by atoms with Crippen molar-refractivity contribution < 1.29 is 18.1 Å². The molecule has 180 valence electrons. The van der Waals surface area contributed by atoms with Crippen molar-refractivity contribution in [3.05, 3.63) is 93.4 Å². The molecular weight excluding hydrogens is 492 g/mol. The Morgan fingerprint density at radius 3 is 2.64 bits per heavy atom. The van der Waals surface area contributed by atoms with Crippen LogP contribution in [0.1, 0.15) is 5.69 Å². The molecule has 36 heavy (non-hydrogen) atoms. The van der Waals surface area contributed by atoms with Gasteiger partial charge in [-0.3, -0.25) is 9.59 Å². The summed E-state index contributed by atoms with van der Waals surface area (Å²) in [6, 6.07) is 12.7. The first kappa shape index (κ1) is 23.3. The fourth-order valence-electron chi connectivity index (χ4n) is 3.62. The number of aromatic nitrogens is 4. The number of pyridine rings is 2. The van der Waals surface area contributed by atoms with Crippen molar-refractivity contribution in [2.24, 2.45) is 0 Å². The molecule has 3 heterocycles. The Morgan fingerprint density at radius 1 is 1.08 bits per heavy atom. The van der Waals surface area contributed by atoms with Crippen molar-refractivity contribution >= 4 is 34.2 Å². The topological polar surface area (TPSA) is 103 Å².